The zero-order valence-corrected chi connectivity index (χ0v) is 33.6. The number of aromatic nitrogens is 8. The van der Waals surface area contributed by atoms with Crippen molar-refractivity contribution < 1.29 is 44.6 Å². The number of fused-ring (bicyclic) bond motifs is 8. The molecule has 0 unspecified atom stereocenters. The highest BCUT2D eigenvalue weighted by molar-refractivity contribution is 5.99. The number of nitrogens with one attached hydrogen (secondary N) is 2. The lowest BCUT2D eigenvalue weighted by Gasteiger charge is -2.07. The summed E-state index contributed by atoms with van der Waals surface area (Å²) >= 11 is 0. The molecule has 9 rings (SSSR count). The Hall–Kier alpha value is -7.22. The lowest BCUT2D eigenvalue weighted by molar-refractivity contribution is -0.718. The molecule has 7 aromatic heterocycles. The fourth-order valence-electron chi connectivity index (χ4n) is 8.10. The van der Waals surface area contributed by atoms with Crippen LogP contribution in [0.5, 0.6) is 0 Å². The van der Waals surface area contributed by atoms with Gasteiger partial charge in [0.2, 0.25) is 13.1 Å². The summed E-state index contributed by atoms with van der Waals surface area (Å²) in [6.45, 7) is 3.18. The van der Waals surface area contributed by atoms with E-state index in [9.17, 15) is 26.3 Å². The van der Waals surface area contributed by atoms with Gasteiger partial charge in [0.25, 0.3) is 0 Å². The fraction of sp³-hybridized carbons (Fsp3) is 0.167. The summed E-state index contributed by atoms with van der Waals surface area (Å²) < 4.78 is 88.7. The highest BCUT2D eigenvalue weighted by atomic mass is 19.4. The average molecular weight is 843 g/mol. The summed E-state index contributed by atoms with van der Waals surface area (Å²) in [7, 11) is 0. The second kappa shape index (κ2) is 16.0. The first kappa shape index (κ1) is 40.2. The van der Waals surface area contributed by atoms with Gasteiger partial charge in [-0.2, -0.15) is 35.5 Å². The third-order valence-corrected chi connectivity index (χ3v) is 10.8. The molecule has 2 aliphatic rings. The van der Waals surface area contributed by atoms with E-state index in [2.05, 4.69) is 45.3 Å². The van der Waals surface area contributed by atoms with Crippen molar-refractivity contribution in [2.24, 2.45) is 0 Å². The summed E-state index contributed by atoms with van der Waals surface area (Å²) in [5.74, 6) is 0. The van der Waals surface area contributed by atoms with E-state index < -0.39 is 25.4 Å². The van der Waals surface area contributed by atoms with Crippen LogP contribution in [0.3, 0.4) is 0 Å². The van der Waals surface area contributed by atoms with Crippen LogP contribution >= 0.6 is 0 Å². The van der Waals surface area contributed by atoms with E-state index >= 15 is 0 Å². The average Bonchev–Trinajstić information content (AvgIpc) is 4.08. The molecule has 0 saturated carbocycles. The van der Waals surface area contributed by atoms with E-state index in [1.165, 1.54) is 24.8 Å². The Balaban J connectivity index is 1.44. The van der Waals surface area contributed by atoms with Gasteiger partial charge in [0.1, 0.15) is 13.1 Å². The van der Waals surface area contributed by atoms with Crippen molar-refractivity contribution in [1.29, 1.82) is 0 Å². The van der Waals surface area contributed by atoms with Gasteiger partial charge >= 0.3 is 12.4 Å². The Morgan fingerprint density at radius 1 is 0.419 bits per heavy atom. The molecule has 2 N–H and O–H groups in total. The Morgan fingerprint density at radius 3 is 0.968 bits per heavy atom. The number of aromatic amines is 2. The van der Waals surface area contributed by atoms with Gasteiger partial charge in [0, 0.05) is 90.8 Å². The molecular weight excluding hydrogens is 803 g/mol. The van der Waals surface area contributed by atoms with Gasteiger partial charge in [-0.05, 0) is 86.7 Å². The highest BCUT2D eigenvalue weighted by Gasteiger charge is 2.34. The zero-order chi connectivity index (χ0) is 43.2. The van der Waals surface area contributed by atoms with Crippen molar-refractivity contribution in [2.75, 3.05) is 0 Å². The minimum Gasteiger partial charge on any atom is -0.354 e. The van der Waals surface area contributed by atoms with Crippen molar-refractivity contribution in [1.82, 2.24) is 19.9 Å². The lowest BCUT2D eigenvalue weighted by atomic mass is 10.1. The van der Waals surface area contributed by atoms with Crippen LogP contribution in [-0.2, 0) is 26.2 Å². The molecule has 0 atom stereocenters. The van der Waals surface area contributed by atoms with E-state index in [0.29, 0.717) is 67.1 Å². The van der Waals surface area contributed by atoms with Crippen LogP contribution in [-0.4, -0.2) is 32.3 Å². The largest absolute Gasteiger partial charge is 0.448 e. The van der Waals surface area contributed by atoms with Gasteiger partial charge in [0.15, 0.2) is 49.6 Å². The van der Waals surface area contributed by atoms with Crippen molar-refractivity contribution >= 4 is 46.4 Å². The number of H-pyrrole nitrogens is 2. The zero-order valence-electron chi connectivity index (χ0n) is 33.6. The van der Waals surface area contributed by atoms with Gasteiger partial charge in [-0.1, -0.05) is 0 Å². The van der Waals surface area contributed by atoms with Crippen molar-refractivity contribution in [3.05, 3.63) is 145 Å². The topological polar surface area (TPSA) is 72.9 Å². The second-order valence-electron chi connectivity index (χ2n) is 15.1. The number of alkyl halides is 6. The van der Waals surface area contributed by atoms with Crippen LogP contribution < -0.4 is 18.3 Å². The van der Waals surface area contributed by atoms with E-state index in [0.717, 1.165) is 44.5 Å². The number of pyridine rings is 4. The first-order valence-electron chi connectivity index (χ1n) is 20.1. The molecule has 14 heteroatoms. The molecule has 310 valence electrons. The number of rotatable bonds is 8. The molecule has 0 radical (unpaired) electrons. The Labute approximate surface area is 352 Å². The minimum absolute atomic E-state index is 0.438. The van der Waals surface area contributed by atoms with E-state index in [4.69, 9.17) is 9.97 Å². The summed E-state index contributed by atoms with van der Waals surface area (Å²) in [4.78, 5) is 17.6. The molecule has 8 nitrogen and oxygen atoms in total. The maximum absolute atomic E-state index is 13.7. The smallest absolute Gasteiger partial charge is 0.354 e. The second-order valence-corrected chi connectivity index (χ2v) is 15.1. The molecule has 8 bridgehead atoms. The molecule has 0 fully saturated rings. The Bertz CT molecular complexity index is 2900. The molecule has 2 aliphatic heterocycles. The minimum atomic E-state index is -4.47. The van der Waals surface area contributed by atoms with Gasteiger partial charge < -0.3 is 9.97 Å². The molecule has 0 amide bonds. The van der Waals surface area contributed by atoms with Gasteiger partial charge in [-0.3, -0.25) is 0 Å². The van der Waals surface area contributed by atoms with Crippen LogP contribution in [0, 0.1) is 0 Å². The first-order chi connectivity index (χ1) is 29.8. The first-order valence-corrected chi connectivity index (χ1v) is 20.1. The van der Waals surface area contributed by atoms with Crippen LogP contribution in [0.2, 0.25) is 0 Å². The maximum Gasteiger partial charge on any atom is 0.448 e. The predicted octanol–water partition coefficient (Wildman–Crippen LogP) is 9.64. The van der Waals surface area contributed by atoms with Crippen LogP contribution in [0.25, 0.3) is 90.9 Å². The number of nitrogens with zero attached hydrogens (tertiary/aromatic N) is 6. The SMILES string of the molecule is CC[n+]1cccc(-c2c3nc(c(-c4ccc[n+](CC)c4)c4ccc([nH]4)c(-c4ccc[n+](CC(F)(F)F)c4)c4nc(c(-c5ccc[n+](CC(F)(F)F)c5)c5ccc2[nH]5)C=C4)C=C3)c1. The van der Waals surface area contributed by atoms with Gasteiger partial charge in [-0.25, -0.2) is 19.1 Å². The summed E-state index contributed by atoms with van der Waals surface area (Å²) in [5, 5.41) is 0. The monoisotopic (exact) mass is 842 g/mol. The quantitative estimate of drug-likeness (QED) is 0.118. The summed E-state index contributed by atoms with van der Waals surface area (Å²) in [6.07, 6.45) is 12.3. The van der Waals surface area contributed by atoms with Crippen molar-refractivity contribution in [3.8, 4) is 44.5 Å². The van der Waals surface area contributed by atoms with Crippen molar-refractivity contribution in [2.45, 2.75) is 52.4 Å². The molecule has 0 aromatic carbocycles. The van der Waals surface area contributed by atoms with Crippen LogP contribution in [0.1, 0.15) is 36.6 Å². The van der Waals surface area contributed by atoms with Gasteiger partial charge in [0.05, 0.1) is 22.8 Å². The van der Waals surface area contributed by atoms with Crippen molar-refractivity contribution in [3.63, 3.8) is 0 Å². The number of aryl methyl sites for hydroxylation is 2. The lowest BCUT2D eigenvalue weighted by Crippen LogP contribution is -2.40. The fourth-order valence-corrected chi connectivity index (χ4v) is 8.10. The maximum atomic E-state index is 13.7. The normalized spacial score (nSPS) is 12.6. The third-order valence-electron chi connectivity index (χ3n) is 10.8. The van der Waals surface area contributed by atoms with E-state index in [1.807, 2.05) is 73.1 Å². The molecule has 7 aromatic rings. The summed E-state index contributed by atoms with van der Waals surface area (Å²) in [6, 6.07) is 22.2. The Kier molecular flexibility index (Phi) is 10.4. The molecule has 0 spiro atoms. The number of hydrogen-bond donors (Lipinski definition) is 2. The number of hydrogen-bond acceptors (Lipinski definition) is 2. The standard InChI is InChI=1S/C48H40F6N8/c1-3-59-21-5-9-31(25-59)43-35-13-14-36(55-35)44(32-10-6-22-60(4-2)26-32)38-16-18-40(57-38)46(34-12-8-24-62(28-34)30-48(52,53)54)42-20-19-41(58-42)45(39-17-15-37(43)56-39)33-11-7-23-61(27-33)29-47(49,50)51/h5-28,56-57H,3-4,29-30H2,1-2H3/q+4. The van der Waals surface area contributed by atoms with E-state index in [-0.39, 0.29) is 0 Å². The molecule has 62 heavy (non-hydrogen) atoms. The molecule has 9 heterocycles. The van der Waals surface area contributed by atoms with Crippen LogP contribution in [0.4, 0.5) is 26.3 Å². The molecule has 0 aliphatic carbocycles. The predicted molar refractivity (Wildman–Crippen MR) is 225 cm³/mol. The van der Waals surface area contributed by atoms with E-state index in [1.54, 1.807) is 36.4 Å². The Morgan fingerprint density at radius 2 is 0.694 bits per heavy atom. The highest BCUT2D eigenvalue weighted by Crippen LogP contribution is 2.38. The number of halogens is 6. The molecular formula is C48H40F6N8+4. The summed E-state index contributed by atoms with van der Waals surface area (Å²) in [5.41, 5.74) is 10.2. The van der Waals surface area contributed by atoms with Crippen LogP contribution in [0.15, 0.2) is 122 Å². The van der Waals surface area contributed by atoms with Gasteiger partial charge in [-0.15, -0.1) is 0 Å². The molecule has 0 saturated heterocycles. The third kappa shape index (κ3) is 8.27.